The van der Waals surface area contributed by atoms with Crippen LogP contribution in [0.4, 0.5) is 0 Å². The molecule has 1 rings (SSSR count). The van der Waals surface area contributed by atoms with Crippen molar-refractivity contribution in [1.29, 1.82) is 0 Å². The first-order valence-electron chi connectivity index (χ1n) is 5.35. The molecule has 0 saturated heterocycles. The third kappa shape index (κ3) is 4.29. The van der Waals surface area contributed by atoms with Crippen molar-refractivity contribution >= 4 is 17.7 Å². The zero-order chi connectivity index (χ0) is 12.2. The van der Waals surface area contributed by atoms with Gasteiger partial charge in [0.05, 0.1) is 12.7 Å². The number of aliphatic carboxylic acids is 1. The van der Waals surface area contributed by atoms with Crippen molar-refractivity contribution in [3.8, 4) is 0 Å². The maximum absolute atomic E-state index is 11.1. The van der Waals surface area contributed by atoms with Crippen molar-refractivity contribution in [1.82, 2.24) is 5.32 Å². The van der Waals surface area contributed by atoms with Crippen LogP contribution in [-0.4, -0.2) is 57.1 Å². The first kappa shape index (κ1) is 13.8. The maximum Gasteiger partial charge on any atom is 0.324 e. The normalized spacial score (nSPS) is 21.4. The zero-order valence-corrected chi connectivity index (χ0v) is 10.2. The van der Waals surface area contributed by atoms with Gasteiger partial charge in [0.25, 0.3) is 0 Å². The Morgan fingerprint density at radius 2 is 2.25 bits per heavy atom. The van der Waals surface area contributed by atoms with Gasteiger partial charge in [0.1, 0.15) is 5.54 Å². The number of rotatable bonds is 8. The van der Waals surface area contributed by atoms with Crippen LogP contribution in [0.1, 0.15) is 19.8 Å². The lowest BCUT2D eigenvalue weighted by Gasteiger charge is -2.26. The van der Waals surface area contributed by atoms with E-state index >= 15 is 0 Å². The second-order valence-electron chi connectivity index (χ2n) is 4.41. The summed E-state index contributed by atoms with van der Waals surface area (Å²) in [6.45, 7) is 1.37. The van der Waals surface area contributed by atoms with Gasteiger partial charge in [-0.15, -0.1) is 0 Å². The summed E-state index contributed by atoms with van der Waals surface area (Å²) in [5.74, 6) is -0.132. The van der Waals surface area contributed by atoms with Gasteiger partial charge in [-0.25, -0.2) is 0 Å². The summed E-state index contributed by atoms with van der Waals surface area (Å²) < 4.78 is 0. The molecule has 0 spiro atoms. The molecule has 16 heavy (non-hydrogen) atoms. The topological polar surface area (TPSA) is 89.8 Å². The number of aliphatic hydroxyl groups excluding tert-OH is 2. The molecule has 0 bridgehead atoms. The van der Waals surface area contributed by atoms with E-state index < -0.39 is 17.6 Å². The van der Waals surface area contributed by atoms with Gasteiger partial charge in [0.2, 0.25) is 0 Å². The second kappa shape index (κ2) is 5.86. The molecule has 0 radical (unpaired) electrons. The van der Waals surface area contributed by atoms with Crippen molar-refractivity contribution in [2.45, 2.75) is 37.5 Å². The maximum atomic E-state index is 11.1. The van der Waals surface area contributed by atoms with Crippen molar-refractivity contribution in [2.24, 2.45) is 0 Å². The molecule has 4 N–H and O–H groups in total. The fraction of sp³-hybridized carbons (Fsp3) is 0.900. The van der Waals surface area contributed by atoms with Gasteiger partial charge in [-0.1, -0.05) is 0 Å². The van der Waals surface area contributed by atoms with Crippen LogP contribution in [0.25, 0.3) is 0 Å². The molecule has 1 saturated carbocycles. The molecule has 0 aliphatic heterocycles. The summed E-state index contributed by atoms with van der Waals surface area (Å²) in [5.41, 5.74) is -0.943. The van der Waals surface area contributed by atoms with Crippen molar-refractivity contribution < 1.29 is 20.1 Å². The molecule has 2 unspecified atom stereocenters. The van der Waals surface area contributed by atoms with Crippen LogP contribution in [0.3, 0.4) is 0 Å². The first-order chi connectivity index (χ1) is 7.48. The lowest BCUT2D eigenvalue weighted by molar-refractivity contribution is -0.143. The number of carboxylic acids is 1. The van der Waals surface area contributed by atoms with Gasteiger partial charge < -0.3 is 15.3 Å². The Morgan fingerprint density at radius 1 is 1.62 bits per heavy atom. The van der Waals surface area contributed by atoms with Gasteiger partial charge in [-0.3, -0.25) is 10.1 Å². The molecule has 2 atom stereocenters. The highest BCUT2D eigenvalue weighted by atomic mass is 32.2. The fourth-order valence-electron chi connectivity index (χ4n) is 1.30. The van der Waals surface area contributed by atoms with Crippen molar-refractivity contribution in [3.05, 3.63) is 0 Å². The van der Waals surface area contributed by atoms with Gasteiger partial charge in [-0.2, -0.15) is 11.8 Å². The molecule has 94 valence electrons. The Bertz CT molecular complexity index is 247. The van der Waals surface area contributed by atoms with E-state index in [1.807, 2.05) is 0 Å². The number of carbonyl (C=O) groups is 1. The molecule has 0 aromatic carbocycles. The Labute approximate surface area is 99.2 Å². The second-order valence-corrected chi connectivity index (χ2v) is 5.44. The number of aliphatic hydroxyl groups is 2. The van der Waals surface area contributed by atoms with E-state index in [1.165, 1.54) is 11.8 Å². The number of carboxylic acid groups (broad SMARTS) is 1. The molecule has 6 heteroatoms. The van der Waals surface area contributed by atoms with E-state index in [9.17, 15) is 4.79 Å². The highest BCUT2D eigenvalue weighted by Gasteiger charge is 2.38. The summed E-state index contributed by atoms with van der Waals surface area (Å²) in [7, 11) is 0. The molecular weight excluding hydrogens is 230 g/mol. The molecular formula is C10H19NO4S. The van der Waals surface area contributed by atoms with Crippen LogP contribution >= 0.6 is 11.8 Å². The number of thioether (sulfide) groups is 1. The summed E-state index contributed by atoms with van der Waals surface area (Å²) in [6.07, 6.45) is 1.29. The van der Waals surface area contributed by atoms with Crippen LogP contribution in [0.2, 0.25) is 0 Å². The summed E-state index contributed by atoms with van der Waals surface area (Å²) in [4.78, 5) is 11.1. The summed E-state index contributed by atoms with van der Waals surface area (Å²) >= 11 is 1.34. The molecule has 1 fully saturated rings. The Morgan fingerprint density at radius 3 is 2.69 bits per heavy atom. The lowest BCUT2D eigenvalue weighted by atomic mass is 10.1. The average Bonchev–Trinajstić information content (AvgIpc) is 3.01. The third-order valence-corrected chi connectivity index (χ3v) is 3.89. The van der Waals surface area contributed by atoms with E-state index in [0.717, 1.165) is 12.8 Å². The molecule has 0 aromatic rings. The Balaban J connectivity index is 2.34. The van der Waals surface area contributed by atoms with Crippen molar-refractivity contribution in [3.63, 3.8) is 0 Å². The highest BCUT2D eigenvalue weighted by Crippen LogP contribution is 2.24. The van der Waals surface area contributed by atoms with E-state index in [2.05, 4.69) is 5.32 Å². The van der Waals surface area contributed by atoms with Gasteiger partial charge >= 0.3 is 5.97 Å². The van der Waals surface area contributed by atoms with Crippen LogP contribution < -0.4 is 5.32 Å². The predicted octanol–water partition coefficient (Wildman–Crippen LogP) is -0.332. The monoisotopic (exact) mass is 249 g/mol. The summed E-state index contributed by atoms with van der Waals surface area (Å²) in [5, 5.41) is 30.0. The minimum atomic E-state index is -0.943. The SMILES string of the molecule is CC(CSCC(O)CO)(NC1CC1)C(=O)O. The third-order valence-electron chi connectivity index (χ3n) is 2.48. The standard InChI is InChI=1S/C10H19NO4S/c1-10(9(14)15,11-7-2-3-7)6-16-5-8(13)4-12/h7-8,11-13H,2-6H2,1H3,(H,14,15). The minimum absolute atomic E-state index is 0.285. The minimum Gasteiger partial charge on any atom is -0.480 e. The lowest BCUT2D eigenvalue weighted by Crippen LogP contribution is -2.52. The summed E-state index contributed by atoms with van der Waals surface area (Å²) in [6, 6.07) is 0.324. The molecule has 0 aromatic heterocycles. The fourth-order valence-corrected chi connectivity index (χ4v) is 2.41. The molecule has 5 nitrogen and oxygen atoms in total. The van der Waals surface area contributed by atoms with Crippen LogP contribution in [0, 0.1) is 0 Å². The van der Waals surface area contributed by atoms with Crippen LogP contribution in [-0.2, 0) is 4.79 Å². The van der Waals surface area contributed by atoms with Gasteiger partial charge in [0, 0.05) is 17.5 Å². The van der Waals surface area contributed by atoms with E-state index in [1.54, 1.807) is 6.92 Å². The Hall–Kier alpha value is -0.300. The first-order valence-corrected chi connectivity index (χ1v) is 6.51. The molecule has 0 amide bonds. The quantitative estimate of drug-likeness (QED) is 0.471. The van der Waals surface area contributed by atoms with Gasteiger partial charge in [-0.05, 0) is 19.8 Å². The molecule has 1 aliphatic carbocycles. The van der Waals surface area contributed by atoms with E-state index in [4.69, 9.17) is 15.3 Å². The van der Waals surface area contributed by atoms with Crippen LogP contribution in [0.15, 0.2) is 0 Å². The number of hydrogen-bond acceptors (Lipinski definition) is 5. The Kier molecular flexibility index (Phi) is 5.04. The van der Waals surface area contributed by atoms with Crippen molar-refractivity contribution in [2.75, 3.05) is 18.1 Å². The number of nitrogens with one attached hydrogen (secondary N) is 1. The van der Waals surface area contributed by atoms with E-state index in [-0.39, 0.29) is 6.61 Å². The van der Waals surface area contributed by atoms with E-state index in [0.29, 0.717) is 17.5 Å². The zero-order valence-electron chi connectivity index (χ0n) is 9.35. The van der Waals surface area contributed by atoms with Gasteiger partial charge in [0.15, 0.2) is 0 Å². The molecule has 0 heterocycles. The smallest absolute Gasteiger partial charge is 0.324 e. The predicted molar refractivity (Wildman–Crippen MR) is 62.6 cm³/mol. The number of hydrogen-bond donors (Lipinski definition) is 4. The highest BCUT2D eigenvalue weighted by molar-refractivity contribution is 7.99. The average molecular weight is 249 g/mol. The van der Waals surface area contributed by atoms with Crippen LogP contribution in [0.5, 0.6) is 0 Å². The largest absolute Gasteiger partial charge is 0.480 e. The molecule has 1 aliphatic rings.